The quantitative estimate of drug-likeness (QED) is 0.760. The van der Waals surface area contributed by atoms with Gasteiger partial charge in [0.1, 0.15) is 5.75 Å². The Morgan fingerprint density at radius 1 is 1.38 bits per heavy atom. The van der Waals surface area contributed by atoms with Crippen molar-refractivity contribution < 1.29 is 9.53 Å². The number of nitrogens with zero attached hydrogens (tertiary/aromatic N) is 1. The molecule has 0 heterocycles. The van der Waals surface area contributed by atoms with Gasteiger partial charge in [-0.15, -0.1) is 0 Å². The molecule has 5 heteroatoms. The molecule has 0 aliphatic carbocycles. The van der Waals surface area contributed by atoms with Crippen LogP contribution in [0, 0.1) is 5.92 Å². The van der Waals surface area contributed by atoms with Crippen LogP contribution in [0.1, 0.15) is 25.5 Å². The summed E-state index contributed by atoms with van der Waals surface area (Å²) in [5, 5.41) is 2.70. The lowest BCUT2D eigenvalue weighted by atomic mass is 10.0. The standard InChI is InChI=1S/C16H26N2O2S/c1-11(2)15(21)16(19)17-10-14(18(3)4)12-7-6-8-13(9-12)20-5/h6-9,11,14-15,21H,10H2,1-5H3,(H,17,19). The predicted molar refractivity (Wildman–Crippen MR) is 90.0 cm³/mol. The van der Waals surface area contributed by atoms with Crippen LogP contribution in [0.2, 0.25) is 0 Å². The van der Waals surface area contributed by atoms with Crippen molar-refractivity contribution in [3.05, 3.63) is 29.8 Å². The van der Waals surface area contributed by atoms with Gasteiger partial charge in [-0.05, 0) is 37.7 Å². The van der Waals surface area contributed by atoms with Crippen LogP contribution >= 0.6 is 12.6 Å². The number of benzene rings is 1. The number of amides is 1. The number of hydrogen-bond donors (Lipinski definition) is 2. The second-order valence-corrected chi connectivity index (χ2v) is 6.25. The third-order valence-corrected chi connectivity index (χ3v) is 4.30. The van der Waals surface area contributed by atoms with Crippen molar-refractivity contribution in [2.45, 2.75) is 25.1 Å². The maximum absolute atomic E-state index is 12.0. The summed E-state index contributed by atoms with van der Waals surface area (Å²) in [4.78, 5) is 14.1. The number of thiol groups is 1. The molecule has 1 amide bonds. The van der Waals surface area contributed by atoms with Crippen molar-refractivity contribution in [1.29, 1.82) is 0 Å². The number of methoxy groups -OCH3 is 1. The Bertz CT molecular complexity index is 463. The highest BCUT2D eigenvalue weighted by Gasteiger charge is 2.20. The Morgan fingerprint density at radius 3 is 2.57 bits per heavy atom. The first-order valence-electron chi connectivity index (χ1n) is 7.13. The molecule has 1 N–H and O–H groups in total. The van der Waals surface area contributed by atoms with Gasteiger partial charge in [0, 0.05) is 6.54 Å². The zero-order valence-corrected chi connectivity index (χ0v) is 14.4. The van der Waals surface area contributed by atoms with E-state index in [1.165, 1.54) is 0 Å². The predicted octanol–water partition coefficient (Wildman–Crippen LogP) is 2.37. The number of carbonyl (C=O) groups is 1. The Balaban J connectivity index is 2.76. The summed E-state index contributed by atoms with van der Waals surface area (Å²) in [7, 11) is 5.65. The van der Waals surface area contributed by atoms with Crippen molar-refractivity contribution in [3.63, 3.8) is 0 Å². The number of nitrogens with one attached hydrogen (secondary N) is 1. The number of rotatable bonds is 7. The fraction of sp³-hybridized carbons (Fsp3) is 0.562. The van der Waals surface area contributed by atoms with Crippen LogP contribution in [0.25, 0.3) is 0 Å². The lowest BCUT2D eigenvalue weighted by Crippen LogP contribution is -2.39. The van der Waals surface area contributed by atoms with E-state index >= 15 is 0 Å². The van der Waals surface area contributed by atoms with E-state index in [0.29, 0.717) is 6.54 Å². The molecule has 0 fully saturated rings. The lowest BCUT2D eigenvalue weighted by Gasteiger charge is -2.26. The van der Waals surface area contributed by atoms with E-state index < -0.39 is 0 Å². The smallest absolute Gasteiger partial charge is 0.233 e. The van der Waals surface area contributed by atoms with Gasteiger partial charge in [-0.2, -0.15) is 12.6 Å². The molecule has 1 aromatic rings. The van der Waals surface area contributed by atoms with Crippen LogP contribution in [0.4, 0.5) is 0 Å². The van der Waals surface area contributed by atoms with Crippen LogP contribution in [0.15, 0.2) is 24.3 Å². The minimum Gasteiger partial charge on any atom is -0.497 e. The van der Waals surface area contributed by atoms with E-state index in [1.54, 1.807) is 7.11 Å². The van der Waals surface area contributed by atoms with Crippen LogP contribution in [-0.2, 0) is 4.79 Å². The van der Waals surface area contributed by atoms with Crippen molar-refractivity contribution in [3.8, 4) is 5.75 Å². The Morgan fingerprint density at radius 2 is 2.05 bits per heavy atom. The third-order valence-electron chi connectivity index (χ3n) is 3.47. The molecule has 4 nitrogen and oxygen atoms in total. The first kappa shape index (κ1) is 17.9. The van der Waals surface area contributed by atoms with Gasteiger partial charge in [-0.25, -0.2) is 0 Å². The third kappa shape index (κ3) is 5.25. The summed E-state index contributed by atoms with van der Waals surface area (Å²) >= 11 is 4.35. The van der Waals surface area contributed by atoms with Gasteiger partial charge in [0.05, 0.1) is 18.4 Å². The average molecular weight is 310 g/mol. The molecule has 0 spiro atoms. The molecule has 0 radical (unpaired) electrons. The minimum atomic E-state index is -0.280. The van der Waals surface area contributed by atoms with Gasteiger partial charge in [0.2, 0.25) is 5.91 Å². The van der Waals surface area contributed by atoms with Gasteiger partial charge in [0.25, 0.3) is 0 Å². The molecule has 2 unspecified atom stereocenters. The van der Waals surface area contributed by atoms with Crippen LogP contribution in [0.3, 0.4) is 0 Å². The SMILES string of the molecule is COc1cccc(C(CNC(=O)C(S)C(C)C)N(C)C)c1. The Hall–Kier alpha value is -1.20. The number of ether oxygens (including phenoxy) is 1. The van der Waals surface area contributed by atoms with E-state index in [4.69, 9.17) is 4.74 Å². The summed E-state index contributed by atoms with van der Waals surface area (Å²) in [5.41, 5.74) is 1.11. The molecule has 21 heavy (non-hydrogen) atoms. The summed E-state index contributed by atoms with van der Waals surface area (Å²) in [6.45, 7) is 4.52. The van der Waals surface area contributed by atoms with Crippen molar-refractivity contribution in [2.75, 3.05) is 27.7 Å². The first-order chi connectivity index (χ1) is 9.86. The number of carbonyl (C=O) groups excluding carboxylic acids is 1. The second-order valence-electron chi connectivity index (χ2n) is 5.69. The van der Waals surface area contributed by atoms with E-state index in [-0.39, 0.29) is 23.1 Å². The van der Waals surface area contributed by atoms with E-state index in [0.717, 1.165) is 11.3 Å². The fourth-order valence-corrected chi connectivity index (χ4v) is 2.14. The summed E-state index contributed by atoms with van der Waals surface area (Å²) in [6.07, 6.45) is 0. The molecule has 2 atom stereocenters. The second kappa shape index (κ2) is 8.29. The molecule has 0 saturated carbocycles. The molecule has 0 aliphatic rings. The molecule has 0 aromatic heterocycles. The fourth-order valence-electron chi connectivity index (χ4n) is 2.05. The number of hydrogen-bond acceptors (Lipinski definition) is 4. The van der Waals surface area contributed by atoms with Gasteiger partial charge >= 0.3 is 0 Å². The van der Waals surface area contributed by atoms with Crippen molar-refractivity contribution in [1.82, 2.24) is 10.2 Å². The largest absolute Gasteiger partial charge is 0.497 e. The van der Waals surface area contributed by atoms with Crippen LogP contribution in [0.5, 0.6) is 5.75 Å². The highest BCUT2D eigenvalue weighted by molar-refractivity contribution is 7.81. The minimum absolute atomic E-state index is 0.0249. The van der Waals surface area contributed by atoms with Gasteiger partial charge in [-0.1, -0.05) is 26.0 Å². The highest BCUT2D eigenvalue weighted by Crippen LogP contribution is 2.22. The maximum atomic E-state index is 12.0. The summed E-state index contributed by atoms with van der Waals surface area (Å²) < 4.78 is 5.26. The molecular formula is C16H26N2O2S. The van der Waals surface area contributed by atoms with Crippen LogP contribution in [-0.4, -0.2) is 43.8 Å². The van der Waals surface area contributed by atoms with E-state index in [2.05, 4.69) is 22.8 Å². The zero-order chi connectivity index (χ0) is 16.0. The van der Waals surface area contributed by atoms with E-state index in [9.17, 15) is 4.79 Å². The van der Waals surface area contributed by atoms with Gasteiger partial charge < -0.3 is 15.0 Å². The summed E-state index contributed by atoms with van der Waals surface area (Å²) in [5.74, 6) is 1.01. The van der Waals surface area contributed by atoms with E-state index in [1.807, 2.05) is 52.2 Å². The summed E-state index contributed by atoms with van der Waals surface area (Å²) in [6, 6.07) is 8.01. The number of likely N-dealkylation sites (N-methyl/N-ethyl adjacent to an activating group) is 1. The molecule has 0 bridgehead atoms. The Kier molecular flexibility index (Phi) is 7.05. The average Bonchev–Trinajstić information content (AvgIpc) is 2.46. The topological polar surface area (TPSA) is 41.6 Å². The normalized spacial score (nSPS) is 14.1. The molecule has 0 saturated heterocycles. The highest BCUT2D eigenvalue weighted by atomic mass is 32.1. The van der Waals surface area contributed by atoms with Crippen molar-refractivity contribution >= 4 is 18.5 Å². The van der Waals surface area contributed by atoms with Crippen LogP contribution < -0.4 is 10.1 Å². The Labute approximate surface area is 133 Å². The molecule has 1 rings (SSSR count). The zero-order valence-electron chi connectivity index (χ0n) is 13.5. The first-order valence-corrected chi connectivity index (χ1v) is 7.64. The lowest BCUT2D eigenvalue weighted by molar-refractivity contribution is -0.121. The monoisotopic (exact) mass is 310 g/mol. The van der Waals surface area contributed by atoms with Gasteiger partial charge in [-0.3, -0.25) is 4.79 Å². The maximum Gasteiger partial charge on any atom is 0.233 e. The van der Waals surface area contributed by atoms with Crippen molar-refractivity contribution in [2.24, 2.45) is 5.92 Å². The molecule has 0 aliphatic heterocycles. The van der Waals surface area contributed by atoms with Gasteiger partial charge in [0.15, 0.2) is 0 Å². The molecule has 118 valence electrons. The molecule has 1 aromatic carbocycles. The molecular weight excluding hydrogens is 284 g/mol.